The Bertz CT molecular complexity index is 717. The zero-order valence-corrected chi connectivity index (χ0v) is 12.3. The summed E-state index contributed by atoms with van der Waals surface area (Å²) in [6.07, 6.45) is 2.04. The van der Waals surface area contributed by atoms with Crippen molar-refractivity contribution in [3.63, 3.8) is 0 Å². The maximum atomic E-state index is 11.8. The monoisotopic (exact) mass is 354 g/mol. The van der Waals surface area contributed by atoms with E-state index in [4.69, 9.17) is 5.11 Å². The summed E-state index contributed by atoms with van der Waals surface area (Å²) in [7, 11) is -3.34. The molecule has 1 rings (SSSR count). The van der Waals surface area contributed by atoms with Crippen LogP contribution in [0.3, 0.4) is 0 Å². The van der Waals surface area contributed by atoms with E-state index in [2.05, 4.69) is 15.9 Å². The van der Waals surface area contributed by atoms with Gasteiger partial charge in [0.25, 0.3) is 5.56 Å². The van der Waals surface area contributed by atoms with Crippen LogP contribution in [0, 0.1) is 0 Å². The Kier molecular flexibility index (Phi) is 4.69. The van der Waals surface area contributed by atoms with E-state index in [0.717, 1.165) is 17.0 Å². The van der Waals surface area contributed by atoms with Gasteiger partial charge in [0.05, 0.1) is 10.2 Å². The van der Waals surface area contributed by atoms with Crippen molar-refractivity contribution in [3.8, 4) is 0 Å². The summed E-state index contributed by atoms with van der Waals surface area (Å²) in [4.78, 5) is 34.1. The first-order valence-corrected chi connectivity index (χ1v) is 7.86. The molecule has 1 N–H and O–H groups in total. The third-order valence-electron chi connectivity index (χ3n) is 2.19. The molecule has 0 atom stereocenters. The molecular formula is C9H11BrN2O6S. The quantitative estimate of drug-likeness (QED) is 0.717. The van der Waals surface area contributed by atoms with Crippen molar-refractivity contribution in [2.75, 3.05) is 12.0 Å². The number of aliphatic carboxylic acids is 1. The van der Waals surface area contributed by atoms with Crippen LogP contribution in [-0.4, -0.2) is 40.6 Å². The Morgan fingerprint density at radius 1 is 1.42 bits per heavy atom. The number of hydrogen-bond donors (Lipinski definition) is 1. The van der Waals surface area contributed by atoms with Crippen molar-refractivity contribution >= 4 is 31.7 Å². The molecule has 0 aliphatic rings. The summed E-state index contributed by atoms with van der Waals surface area (Å²) in [5.74, 6) is -1.63. The number of halogens is 1. The normalized spacial score (nSPS) is 11.5. The van der Waals surface area contributed by atoms with Gasteiger partial charge in [-0.05, 0) is 15.9 Å². The van der Waals surface area contributed by atoms with E-state index in [9.17, 15) is 22.8 Å². The molecule has 1 aromatic rings. The summed E-state index contributed by atoms with van der Waals surface area (Å²) < 4.78 is 23.6. The van der Waals surface area contributed by atoms with Gasteiger partial charge in [-0.3, -0.25) is 18.7 Å². The minimum absolute atomic E-state index is 0.0122. The number of aromatic nitrogens is 2. The molecule has 1 aromatic heterocycles. The van der Waals surface area contributed by atoms with Gasteiger partial charge in [0.15, 0.2) is 0 Å². The molecule has 0 saturated heterocycles. The topological polar surface area (TPSA) is 115 Å². The second kappa shape index (κ2) is 5.70. The van der Waals surface area contributed by atoms with Crippen molar-refractivity contribution in [2.45, 2.75) is 13.1 Å². The van der Waals surface area contributed by atoms with Crippen molar-refractivity contribution in [2.24, 2.45) is 0 Å². The fourth-order valence-electron chi connectivity index (χ4n) is 1.33. The average molecular weight is 355 g/mol. The largest absolute Gasteiger partial charge is 0.480 e. The molecule has 19 heavy (non-hydrogen) atoms. The standard InChI is InChI=1S/C9H11BrN2O6S/c1-19(17,18)3-2-12-8(15)6(10)4-11(9(12)16)5-7(13)14/h4H,2-3,5H2,1H3,(H,13,14). The average Bonchev–Trinajstić information content (AvgIpc) is 2.23. The first-order chi connectivity index (χ1) is 8.61. The van der Waals surface area contributed by atoms with E-state index < -0.39 is 33.6 Å². The Labute approximate surface area is 116 Å². The molecule has 0 spiro atoms. The van der Waals surface area contributed by atoms with E-state index >= 15 is 0 Å². The summed E-state index contributed by atoms with van der Waals surface area (Å²) in [6, 6.07) is 0. The fourth-order valence-corrected chi connectivity index (χ4v) is 2.31. The van der Waals surface area contributed by atoms with Crippen LogP contribution < -0.4 is 11.2 Å². The number of nitrogens with zero attached hydrogens (tertiary/aromatic N) is 2. The first kappa shape index (κ1) is 15.6. The minimum atomic E-state index is -3.34. The van der Waals surface area contributed by atoms with Crippen molar-refractivity contribution in [3.05, 3.63) is 31.5 Å². The molecule has 0 aliphatic heterocycles. The lowest BCUT2D eigenvalue weighted by atomic mass is 10.5. The number of carboxylic acids is 1. The predicted octanol–water partition coefficient (Wildman–Crippen LogP) is -1.10. The highest BCUT2D eigenvalue weighted by Gasteiger charge is 2.13. The second-order valence-corrected chi connectivity index (χ2v) is 6.98. The molecule has 0 saturated carbocycles. The Hall–Kier alpha value is -1.42. The zero-order valence-electron chi connectivity index (χ0n) is 9.87. The summed E-state index contributed by atoms with van der Waals surface area (Å²) in [5.41, 5.74) is -1.56. The maximum Gasteiger partial charge on any atom is 0.331 e. The number of rotatable bonds is 5. The smallest absolute Gasteiger partial charge is 0.331 e. The van der Waals surface area contributed by atoms with Gasteiger partial charge >= 0.3 is 11.7 Å². The molecule has 1 heterocycles. The molecule has 0 aliphatic carbocycles. The Balaban J connectivity index is 3.30. The predicted molar refractivity (Wildman–Crippen MR) is 70.0 cm³/mol. The molecule has 0 aromatic carbocycles. The SMILES string of the molecule is CS(=O)(=O)CCn1c(=O)c(Br)cn(CC(=O)O)c1=O. The van der Waals surface area contributed by atoms with E-state index in [0.29, 0.717) is 4.57 Å². The van der Waals surface area contributed by atoms with Crippen LogP contribution in [-0.2, 0) is 27.7 Å². The maximum absolute atomic E-state index is 11.8. The zero-order chi connectivity index (χ0) is 14.8. The lowest BCUT2D eigenvalue weighted by Gasteiger charge is -2.09. The van der Waals surface area contributed by atoms with Crippen LogP contribution in [0.1, 0.15) is 0 Å². The Morgan fingerprint density at radius 3 is 2.47 bits per heavy atom. The van der Waals surface area contributed by atoms with Gasteiger partial charge in [-0.2, -0.15) is 0 Å². The molecular weight excluding hydrogens is 344 g/mol. The third-order valence-corrected chi connectivity index (χ3v) is 3.65. The van der Waals surface area contributed by atoms with Crippen LogP contribution in [0.25, 0.3) is 0 Å². The van der Waals surface area contributed by atoms with E-state index in [1.807, 2.05) is 0 Å². The van der Waals surface area contributed by atoms with Gasteiger partial charge in [-0.25, -0.2) is 13.2 Å². The number of carbonyl (C=O) groups is 1. The van der Waals surface area contributed by atoms with Crippen molar-refractivity contribution in [1.29, 1.82) is 0 Å². The van der Waals surface area contributed by atoms with Gasteiger partial charge in [-0.15, -0.1) is 0 Å². The minimum Gasteiger partial charge on any atom is -0.480 e. The summed E-state index contributed by atoms with van der Waals surface area (Å²) >= 11 is 2.91. The molecule has 10 heteroatoms. The van der Waals surface area contributed by atoms with Crippen LogP contribution in [0.5, 0.6) is 0 Å². The van der Waals surface area contributed by atoms with Gasteiger partial charge in [0, 0.05) is 19.0 Å². The highest BCUT2D eigenvalue weighted by Crippen LogP contribution is 1.99. The molecule has 0 unspecified atom stereocenters. The third kappa shape index (κ3) is 4.31. The fraction of sp³-hybridized carbons (Fsp3) is 0.444. The highest BCUT2D eigenvalue weighted by molar-refractivity contribution is 9.10. The molecule has 0 fully saturated rings. The molecule has 0 amide bonds. The van der Waals surface area contributed by atoms with Crippen molar-refractivity contribution < 1.29 is 18.3 Å². The number of hydrogen-bond acceptors (Lipinski definition) is 5. The van der Waals surface area contributed by atoms with Crippen LogP contribution in [0.2, 0.25) is 0 Å². The van der Waals surface area contributed by atoms with E-state index in [-0.39, 0.29) is 16.8 Å². The first-order valence-electron chi connectivity index (χ1n) is 5.01. The van der Waals surface area contributed by atoms with E-state index in [1.54, 1.807) is 0 Å². The summed E-state index contributed by atoms with van der Waals surface area (Å²) in [6.45, 7) is -0.938. The van der Waals surface area contributed by atoms with Gasteiger partial charge in [0.1, 0.15) is 16.4 Å². The van der Waals surface area contributed by atoms with Gasteiger partial charge in [-0.1, -0.05) is 0 Å². The lowest BCUT2D eigenvalue weighted by Crippen LogP contribution is -2.42. The van der Waals surface area contributed by atoms with Crippen LogP contribution in [0.15, 0.2) is 20.3 Å². The summed E-state index contributed by atoms with van der Waals surface area (Å²) in [5, 5.41) is 8.64. The number of sulfone groups is 1. The molecule has 8 nitrogen and oxygen atoms in total. The molecule has 0 bridgehead atoms. The molecule has 106 valence electrons. The highest BCUT2D eigenvalue weighted by atomic mass is 79.9. The van der Waals surface area contributed by atoms with E-state index in [1.165, 1.54) is 0 Å². The van der Waals surface area contributed by atoms with Crippen LogP contribution in [0.4, 0.5) is 0 Å². The second-order valence-electron chi connectivity index (χ2n) is 3.87. The van der Waals surface area contributed by atoms with Gasteiger partial charge < -0.3 is 5.11 Å². The van der Waals surface area contributed by atoms with Crippen molar-refractivity contribution in [1.82, 2.24) is 9.13 Å². The number of carboxylic acid groups (broad SMARTS) is 1. The van der Waals surface area contributed by atoms with Gasteiger partial charge in [0.2, 0.25) is 0 Å². The van der Waals surface area contributed by atoms with Crippen LogP contribution >= 0.6 is 15.9 Å². The lowest BCUT2D eigenvalue weighted by molar-refractivity contribution is -0.137. The Morgan fingerprint density at radius 2 is 2.00 bits per heavy atom. The molecule has 0 radical (unpaired) electrons.